The van der Waals surface area contributed by atoms with Gasteiger partial charge in [-0.2, -0.15) is 8.78 Å². The lowest BCUT2D eigenvalue weighted by Gasteiger charge is -2.28. The molecule has 2 aromatic carbocycles. The van der Waals surface area contributed by atoms with E-state index in [0.717, 1.165) is 12.1 Å². The third-order valence-corrected chi connectivity index (χ3v) is 9.26. The van der Waals surface area contributed by atoms with E-state index in [4.69, 9.17) is 0 Å². The van der Waals surface area contributed by atoms with Gasteiger partial charge in [-0.1, -0.05) is 62.2 Å². The summed E-state index contributed by atoms with van der Waals surface area (Å²) < 4.78 is 56.3. The molecule has 6 heteroatoms. The second kappa shape index (κ2) is 9.59. The summed E-state index contributed by atoms with van der Waals surface area (Å²) in [5, 5.41) is 0. The van der Waals surface area contributed by atoms with Crippen LogP contribution in [-0.2, 0) is 0 Å². The lowest BCUT2D eigenvalue weighted by atomic mass is 9.92. The first-order valence-electron chi connectivity index (χ1n) is 10.0. The van der Waals surface area contributed by atoms with E-state index in [-0.39, 0.29) is 0 Å². The van der Waals surface area contributed by atoms with Crippen molar-refractivity contribution in [2.24, 2.45) is 0 Å². The molecule has 0 saturated carbocycles. The third kappa shape index (κ3) is 5.16. The van der Waals surface area contributed by atoms with Crippen molar-refractivity contribution >= 4 is 8.80 Å². The van der Waals surface area contributed by atoms with Crippen LogP contribution in [0.15, 0.2) is 36.4 Å². The largest absolute Gasteiger partial charge is 0.429 e. The van der Waals surface area contributed by atoms with Crippen molar-refractivity contribution in [1.82, 2.24) is 0 Å². The quantitative estimate of drug-likeness (QED) is 0.348. The SMILES string of the molecule is CCCC[Si@H]1CC[C@H](c2ccc(-c3cc(F)c(OC(F)F)c(F)c3)cc2)CC1. The van der Waals surface area contributed by atoms with Crippen molar-refractivity contribution in [2.45, 2.75) is 63.3 Å². The van der Waals surface area contributed by atoms with Gasteiger partial charge in [-0.25, -0.2) is 8.78 Å². The van der Waals surface area contributed by atoms with Crippen LogP contribution >= 0.6 is 0 Å². The van der Waals surface area contributed by atoms with Crippen molar-refractivity contribution in [3.63, 3.8) is 0 Å². The fourth-order valence-electron chi connectivity index (χ4n) is 4.15. The Kier molecular flexibility index (Phi) is 7.16. The van der Waals surface area contributed by atoms with Gasteiger partial charge in [0.15, 0.2) is 17.4 Å². The number of halogens is 4. The van der Waals surface area contributed by atoms with Crippen molar-refractivity contribution in [3.8, 4) is 16.9 Å². The maximum absolute atomic E-state index is 14.0. The van der Waals surface area contributed by atoms with Gasteiger partial charge in [0.25, 0.3) is 0 Å². The molecule has 28 heavy (non-hydrogen) atoms. The van der Waals surface area contributed by atoms with E-state index in [2.05, 4.69) is 11.7 Å². The first-order chi connectivity index (χ1) is 13.5. The number of unbranched alkanes of at least 4 members (excludes halogenated alkanes) is 1. The maximum atomic E-state index is 14.0. The second-order valence-corrected chi connectivity index (χ2v) is 11.1. The van der Waals surface area contributed by atoms with Crippen molar-refractivity contribution in [2.75, 3.05) is 0 Å². The molecular weight excluding hydrogens is 384 g/mol. The average Bonchev–Trinajstić information content (AvgIpc) is 2.69. The van der Waals surface area contributed by atoms with Crippen LogP contribution in [-0.4, -0.2) is 15.4 Å². The molecule has 3 rings (SSSR count). The highest BCUT2D eigenvalue weighted by atomic mass is 28.3. The zero-order chi connectivity index (χ0) is 20.1. The minimum Gasteiger partial charge on any atom is -0.429 e. The predicted molar refractivity (Wildman–Crippen MR) is 107 cm³/mol. The molecule has 0 radical (unpaired) electrons. The number of rotatable bonds is 7. The average molecular weight is 411 g/mol. The Labute approximate surface area is 165 Å². The van der Waals surface area contributed by atoms with E-state index in [0.29, 0.717) is 17.0 Å². The molecule has 0 bridgehead atoms. The van der Waals surface area contributed by atoms with Crippen molar-refractivity contribution < 1.29 is 22.3 Å². The Bertz CT molecular complexity index is 748. The summed E-state index contributed by atoms with van der Waals surface area (Å²) in [5.41, 5.74) is 2.22. The van der Waals surface area contributed by atoms with Gasteiger partial charge in [-0.05, 0) is 47.6 Å². The molecule has 1 heterocycles. The van der Waals surface area contributed by atoms with Crippen LogP contribution in [0.4, 0.5) is 17.6 Å². The van der Waals surface area contributed by atoms with Gasteiger partial charge in [0.1, 0.15) is 0 Å². The van der Waals surface area contributed by atoms with Crippen LogP contribution in [0.1, 0.15) is 44.1 Å². The minimum atomic E-state index is -3.27. The van der Waals surface area contributed by atoms with Crippen LogP contribution in [0.25, 0.3) is 11.1 Å². The van der Waals surface area contributed by atoms with E-state index < -0.39 is 32.8 Å². The molecule has 1 aliphatic heterocycles. The van der Waals surface area contributed by atoms with Gasteiger partial charge in [0, 0.05) is 8.80 Å². The standard InChI is InChI=1S/C22H26F4OSi/c1-2-3-10-28-11-8-17(9-12-28)15-4-6-16(7-5-15)18-13-19(23)21(20(24)14-18)27-22(25)26/h4-7,13-14,17,22,28H,2-3,8-12H2,1H3/t17-,28-. The van der Waals surface area contributed by atoms with E-state index >= 15 is 0 Å². The molecule has 0 unspecified atom stereocenters. The highest BCUT2D eigenvalue weighted by Crippen LogP contribution is 2.36. The third-order valence-electron chi connectivity index (χ3n) is 5.73. The molecule has 0 spiro atoms. The molecule has 1 fully saturated rings. The van der Waals surface area contributed by atoms with E-state index in [9.17, 15) is 17.6 Å². The zero-order valence-electron chi connectivity index (χ0n) is 16.1. The summed E-state index contributed by atoms with van der Waals surface area (Å²) in [7, 11) is -0.540. The molecule has 1 aliphatic rings. The molecule has 0 atom stereocenters. The van der Waals surface area contributed by atoms with Crippen LogP contribution < -0.4 is 4.74 Å². The Morgan fingerprint density at radius 2 is 1.61 bits per heavy atom. The van der Waals surface area contributed by atoms with Gasteiger partial charge >= 0.3 is 6.61 Å². The Morgan fingerprint density at radius 3 is 2.14 bits per heavy atom. The number of benzene rings is 2. The Hall–Kier alpha value is -1.82. The Balaban J connectivity index is 1.68. The fraction of sp³-hybridized carbons (Fsp3) is 0.455. The summed E-state index contributed by atoms with van der Waals surface area (Å²) in [5.74, 6) is -2.74. The predicted octanol–water partition coefficient (Wildman–Crippen LogP) is 7.14. The molecule has 2 aromatic rings. The molecule has 0 amide bonds. The van der Waals surface area contributed by atoms with E-state index in [1.54, 1.807) is 0 Å². The number of hydrogen-bond acceptors (Lipinski definition) is 1. The second-order valence-electron chi connectivity index (χ2n) is 7.63. The Morgan fingerprint density at radius 1 is 1.00 bits per heavy atom. The summed E-state index contributed by atoms with van der Waals surface area (Å²) in [6, 6.07) is 14.0. The minimum absolute atomic E-state index is 0.304. The van der Waals surface area contributed by atoms with Crippen LogP contribution in [0.2, 0.25) is 18.1 Å². The first-order valence-corrected chi connectivity index (χ1v) is 12.5. The van der Waals surface area contributed by atoms with Crippen molar-refractivity contribution in [1.29, 1.82) is 0 Å². The lowest BCUT2D eigenvalue weighted by Crippen LogP contribution is -2.20. The van der Waals surface area contributed by atoms with Gasteiger partial charge in [-0.15, -0.1) is 0 Å². The maximum Gasteiger partial charge on any atom is 0.387 e. The number of hydrogen-bond donors (Lipinski definition) is 0. The number of alkyl halides is 2. The molecule has 0 N–H and O–H groups in total. The first kappa shape index (κ1) is 20.9. The van der Waals surface area contributed by atoms with Gasteiger partial charge in [0.2, 0.25) is 0 Å². The van der Waals surface area contributed by atoms with Crippen LogP contribution in [0.3, 0.4) is 0 Å². The van der Waals surface area contributed by atoms with Gasteiger partial charge < -0.3 is 4.74 Å². The van der Waals surface area contributed by atoms with Gasteiger partial charge in [-0.3, -0.25) is 0 Å². The molecular formula is C22H26F4OSi. The monoisotopic (exact) mass is 410 g/mol. The normalized spacial score (nSPS) is 19.8. The van der Waals surface area contributed by atoms with Gasteiger partial charge in [0.05, 0.1) is 0 Å². The molecule has 152 valence electrons. The summed E-state index contributed by atoms with van der Waals surface area (Å²) in [6.07, 6.45) is 5.13. The highest BCUT2D eigenvalue weighted by molar-refractivity contribution is 6.59. The molecule has 0 aromatic heterocycles. The number of ether oxygens (including phenoxy) is 1. The van der Waals surface area contributed by atoms with Crippen LogP contribution in [0, 0.1) is 11.6 Å². The van der Waals surface area contributed by atoms with E-state index in [1.807, 2.05) is 24.3 Å². The summed E-state index contributed by atoms with van der Waals surface area (Å²) >= 11 is 0. The smallest absolute Gasteiger partial charge is 0.387 e. The molecule has 1 saturated heterocycles. The van der Waals surface area contributed by atoms with Crippen molar-refractivity contribution in [3.05, 3.63) is 53.6 Å². The highest BCUT2D eigenvalue weighted by Gasteiger charge is 2.23. The lowest BCUT2D eigenvalue weighted by molar-refractivity contribution is -0.0546. The summed E-state index contributed by atoms with van der Waals surface area (Å²) in [6.45, 7) is -1.02. The van der Waals surface area contributed by atoms with Crippen LogP contribution in [0.5, 0.6) is 5.75 Å². The molecule has 1 nitrogen and oxygen atoms in total. The zero-order valence-corrected chi connectivity index (χ0v) is 17.2. The fourth-order valence-corrected chi connectivity index (χ4v) is 7.75. The molecule has 0 aliphatic carbocycles. The summed E-state index contributed by atoms with van der Waals surface area (Å²) in [4.78, 5) is 0. The topological polar surface area (TPSA) is 9.23 Å². The van der Waals surface area contributed by atoms with E-state index in [1.165, 1.54) is 49.4 Å².